The number of para-hydroxylation sites is 2. The number of fused-ring (bicyclic) bond motifs is 1. The van der Waals surface area contributed by atoms with Gasteiger partial charge in [-0.3, -0.25) is 9.69 Å². The Kier molecular flexibility index (Phi) is 2.03. The third kappa shape index (κ3) is 1.64. The average Bonchev–Trinajstić information content (AvgIpc) is 2.46. The number of benzene rings is 2. The van der Waals surface area contributed by atoms with Gasteiger partial charge in [-0.25, -0.2) is 0 Å². The molecular weight excluding hydrogens is 224 g/mol. The van der Waals surface area contributed by atoms with Gasteiger partial charge >= 0.3 is 0 Å². The summed E-state index contributed by atoms with van der Waals surface area (Å²) >= 11 is 0. The highest BCUT2D eigenvalue weighted by atomic mass is 16.2. The molecule has 0 aromatic heterocycles. The molecule has 0 fully saturated rings. The van der Waals surface area contributed by atoms with Crippen molar-refractivity contribution in [1.82, 2.24) is 0 Å². The van der Waals surface area contributed by atoms with Crippen LogP contribution in [0.25, 0.3) is 0 Å². The zero-order valence-corrected chi connectivity index (χ0v) is 10.00. The molecule has 2 aromatic rings. The molecule has 0 atom stereocenters. The van der Waals surface area contributed by atoms with Crippen LogP contribution < -0.4 is 9.80 Å². The second-order valence-electron chi connectivity index (χ2n) is 4.15. The molecule has 0 N–H and O–H groups in total. The molecule has 0 spiro atoms. The topological polar surface area (TPSA) is 23.6 Å². The van der Waals surface area contributed by atoms with E-state index in [1.807, 2.05) is 6.07 Å². The number of amides is 1. The summed E-state index contributed by atoms with van der Waals surface area (Å²) in [6.45, 7) is -1.91. The van der Waals surface area contributed by atoms with Gasteiger partial charge in [-0.2, -0.15) is 0 Å². The van der Waals surface area contributed by atoms with Crippen LogP contribution in [0.4, 0.5) is 11.4 Å². The lowest BCUT2D eigenvalue weighted by atomic mass is 10.1. The van der Waals surface area contributed by atoms with E-state index < -0.39 is 6.62 Å². The van der Waals surface area contributed by atoms with Gasteiger partial charge in [0.05, 0.1) is 20.6 Å². The largest absolute Gasteiger partial charge is 0.356 e. The SMILES string of the molecule is [2H]C1([2H])N(C)c2ccccc2C(=O)N1c1ccccc1. The molecule has 0 unspecified atom stereocenters. The lowest BCUT2D eigenvalue weighted by Gasteiger charge is -2.35. The molecule has 0 bridgehead atoms. The molecule has 90 valence electrons. The molecular formula is C15H14N2O. The molecule has 1 heterocycles. The van der Waals surface area contributed by atoms with Gasteiger partial charge in [0.25, 0.3) is 5.91 Å². The Balaban J connectivity index is 2.19. The molecule has 3 nitrogen and oxygen atoms in total. The maximum atomic E-state index is 12.6. The van der Waals surface area contributed by atoms with Crippen molar-refractivity contribution in [3.05, 3.63) is 60.2 Å². The Morgan fingerprint density at radius 2 is 1.72 bits per heavy atom. The van der Waals surface area contributed by atoms with E-state index in [0.717, 1.165) is 0 Å². The highest BCUT2D eigenvalue weighted by molar-refractivity contribution is 6.11. The van der Waals surface area contributed by atoms with Crippen molar-refractivity contribution in [2.45, 2.75) is 0 Å². The maximum Gasteiger partial charge on any atom is 0.261 e. The highest BCUT2D eigenvalue weighted by Gasteiger charge is 2.27. The fraction of sp³-hybridized carbons (Fsp3) is 0.133. The molecule has 0 saturated carbocycles. The van der Waals surface area contributed by atoms with Crippen LogP contribution in [0.5, 0.6) is 0 Å². The van der Waals surface area contributed by atoms with Crippen LogP contribution in [0.15, 0.2) is 54.6 Å². The summed E-state index contributed by atoms with van der Waals surface area (Å²) < 4.78 is 16.6. The predicted molar refractivity (Wildman–Crippen MR) is 73.0 cm³/mol. The predicted octanol–water partition coefficient (Wildman–Crippen LogP) is 2.74. The van der Waals surface area contributed by atoms with E-state index in [9.17, 15) is 4.79 Å². The molecule has 0 aliphatic carbocycles. The Labute approximate surface area is 109 Å². The molecule has 2 aromatic carbocycles. The number of carbonyl (C=O) groups is 1. The first-order chi connectivity index (χ1) is 9.53. The third-order valence-corrected chi connectivity index (χ3v) is 2.96. The molecule has 1 amide bonds. The van der Waals surface area contributed by atoms with Crippen molar-refractivity contribution in [1.29, 1.82) is 0 Å². The summed E-state index contributed by atoms with van der Waals surface area (Å²) in [5, 5.41) is 0. The number of anilines is 2. The van der Waals surface area contributed by atoms with E-state index in [4.69, 9.17) is 2.74 Å². The van der Waals surface area contributed by atoms with Crippen LogP contribution in [-0.4, -0.2) is 19.6 Å². The standard InChI is InChI=1S/C15H14N2O/c1-16-11-17(12-7-3-2-4-8-12)15(18)13-9-5-6-10-14(13)16/h2-10H,11H2,1H3/i11D2. The molecule has 0 radical (unpaired) electrons. The van der Waals surface area contributed by atoms with Crippen LogP contribution >= 0.6 is 0 Å². The summed E-state index contributed by atoms with van der Waals surface area (Å²) in [6, 6.07) is 16.0. The van der Waals surface area contributed by atoms with E-state index in [2.05, 4.69) is 0 Å². The second-order valence-corrected chi connectivity index (χ2v) is 4.15. The number of hydrogen-bond acceptors (Lipinski definition) is 2. The minimum absolute atomic E-state index is 0.324. The van der Waals surface area contributed by atoms with Crippen LogP contribution in [-0.2, 0) is 0 Å². The number of nitrogens with zero attached hydrogens (tertiary/aromatic N) is 2. The van der Waals surface area contributed by atoms with Crippen molar-refractivity contribution in [2.24, 2.45) is 0 Å². The summed E-state index contributed by atoms with van der Waals surface area (Å²) in [5.41, 5.74) is 1.66. The van der Waals surface area contributed by atoms with Gasteiger partial charge in [0, 0.05) is 12.7 Å². The summed E-state index contributed by atoms with van der Waals surface area (Å²) in [5.74, 6) is -0.324. The van der Waals surface area contributed by atoms with Crippen molar-refractivity contribution in [3.63, 3.8) is 0 Å². The lowest BCUT2D eigenvalue weighted by molar-refractivity contribution is 0.0983. The lowest BCUT2D eigenvalue weighted by Crippen LogP contribution is -2.45. The van der Waals surface area contributed by atoms with Crippen molar-refractivity contribution in [2.75, 3.05) is 23.5 Å². The Morgan fingerprint density at radius 1 is 1.06 bits per heavy atom. The Morgan fingerprint density at radius 3 is 2.50 bits per heavy atom. The number of carbonyl (C=O) groups excluding carboxylic acids is 1. The third-order valence-electron chi connectivity index (χ3n) is 2.96. The molecule has 3 rings (SSSR count). The molecule has 0 saturated heterocycles. The Hall–Kier alpha value is -2.29. The van der Waals surface area contributed by atoms with Crippen molar-refractivity contribution < 1.29 is 7.54 Å². The van der Waals surface area contributed by atoms with E-state index in [1.165, 1.54) is 9.80 Å². The molecule has 3 heteroatoms. The summed E-state index contributed by atoms with van der Waals surface area (Å²) in [7, 11) is 1.65. The Bertz CT molecular complexity index is 658. The minimum atomic E-state index is -1.91. The van der Waals surface area contributed by atoms with Gasteiger partial charge in [0.1, 0.15) is 0 Å². The molecule has 1 aliphatic heterocycles. The minimum Gasteiger partial charge on any atom is -0.356 e. The summed E-state index contributed by atoms with van der Waals surface area (Å²) in [6.07, 6.45) is 0. The molecule has 1 aliphatic rings. The van der Waals surface area contributed by atoms with Gasteiger partial charge in [0.15, 0.2) is 0 Å². The summed E-state index contributed by atoms with van der Waals surface area (Å²) in [4.78, 5) is 15.3. The quantitative estimate of drug-likeness (QED) is 0.765. The zero-order chi connectivity index (χ0) is 14.3. The van der Waals surface area contributed by atoms with Crippen LogP contribution in [0.1, 0.15) is 13.1 Å². The second kappa shape index (κ2) is 4.18. The van der Waals surface area contributed by atoms with Gasteiger partial charge < -0.3 is 4.90 Å². The van der Waals surface area contributed by atoms with E-state index in [0.29, 0.717) is 16.9 Å². The highest BCUT2D eigenvalue weighted by Crippen LogP contribution is 2.28. The average molecular weight is 240 g/mol. The number of rotatable bonds is 1. The number of hydrogen-bond donors (Lipinski definition) is 0. The monoisotopic (exact) mass is 240 g/mol. The van der Waals surface area contributed by atoms with Gasteiger partial charge in [-0.1, -0.05) is 30.3 Å². The van der Waals surface area contributed by atoms with E-state index in [-0.39, 0.29) is 5.91 Å². The fourth-order valence-electron chi connectivity index (χ4n) is 2.07. The van der Waals surface area contributed by atoms with Gasteiger partial charge in [0.2, 0.25) is 0 Å². The van der Waals surface area contributed by atoms with Crippen molar-refractivity contribution >= 4 is 17.3 Å². The zero-order valence-electron chi connectivity index (χ0n) is 12.0. The maximum absolute atomic E-state index is 12.6. The van der Waals surface area contributed by atoms with E-state index >= 15 is 0 Å². The first kappa shape index (κ1) is 8.75. The molecule has 18 heavy (non-hydrogen) atoms. The smallest absolute Gasteiger partial charge is 0.261 e. The first-order valence-corrected chi connectivity index (χ1v) is 5.76. The van der Waals surface area contributed by atoms with Gasteiger partial charge in [-0.15, -0.1) is 0 Å². The first-order valence-electron chi connectivity index (χ1n) is 6.76. The van der Waals surface area contributed by atoms with Gasteiger partial charge in [-0.05, 0) is 24.3 Å². The normalized spacial score (nSPS) is 19.1. The fourth-order valence-corrected chi connectivity index (χ4v) is 2.07. The van der Waals surface area contributed by atoms with Crippen LogP contribution in [0.3, 0.4) is 0 Å². The van der Waals surface area contributed by atoms with E-state index in [1.54, 1.807) is 55.6 Å². The van der Waals surface area contributed by atoms with Crippen molar-refractivity contribution in [3.8, 4) is 0 Å². The van der Waals surface area contributed by atoms with Crippen LogP contribution in [0.2, 0.25) is 0 Å². The van der Waals surface area contributed by atoms with Crippen LogP contribution in [0, 0.1) is 0 Å².